The number of aryl methyl sites for hydroxylation is 1. The van der Waals surface area contributed by atoms with Gasteiger partial charge in [0.25, 0.3) is 5.92 Å². The van der Waals surface area contributed by atoms with Crippen molar-refractivity contribution < 1.29 is 13.5 Å². The molecule has 1 heterocycles. The molecule has 1 atom stereocenters. The molecule has 1 unspecified atom stereocenters. The molecular formula is C27H27ClF2N2O. The Labute approximate surface area is 198 Å². The Balaban J connectivity index is 1.72. The van der Waals surface area contributed by atoms with E-state index in [-0.39, 0.29) is 11.6 Å². The van der Waals surface area contributed by atoms with Crippen molar-refractivity contribution in [2.75, 3.05) is 23.9 Å². The molecule has 0 amide bonds. The molecule has 0 aromatic heterocycles. The van der Waals surface area contributed by atoms with Gasteiger partial charge in [0.15, 0.2) is 0 Å². The monoisotopic (exact) mass is 468 g/mol. The first-order valence-electron chi connectivity index (χ1n) is 10.8. The van der Waals surface area contributed by atoms with Crippen molar-refractivity contribution >= 4 is 23.0 Å². The highest BCUT2D eigenvalue weighted by Crippen LogP contribution is 2.40. The summed E-state index contributed by atoms with van der Waals surface area (Å²) in [5, 5.41) is 4.21. The zero-order valence-electron chi connectivity index (χ0n) is 19.0. The molecule has 1 aliphatic heterocycles. The van der Waals surface area contributed by atoms with Gasteiger partial charge in [0.2, 0.25) is 0 Å². The van der Waals surface area contributed by atoms with Crippen molar-refractivity contribution in [2.24, 2.45) is 0 Å². The Hall–Kier alpha value is -3.05. The van der Waals surface area contributed by atoms with Gasteiger partial charge in [-0.25, -0.2) is 8.78 Å². The number of nitrogens with one attached hydrogen (secondary N) is 1. The first kappa shape index (κ1) is 23.1. The van der Waals surface area contributed by atoms with E-state index in [0.29, 0.717) is 11.6 Å². The van der Waals surface area contributed by atoms with Crippen LogP contribution in [0.15, 0.2) is 72.9 Å². The number of fused-ring (bicyclic) bond motifs is 1. The summed E-state index contributed by atoms with van der Waals surface area (Å²) in [5.74, 6) is -2.16. The van der Waals surface area contributed by atoms with Crippen LogP contribution < -0.4 is 15.0 Å². The van der Waals surface area contributed by atoms with E-state index in [1.165, 1.54) is 6.07 Å². The quantitative estimate of drug-likeness (QED) is 0.388. The molecule has 33 heavy (non-hydrogen) atoms. The molecule has 0 bridgehead atoms. The van der Waals surface area contributed by atoms with Gasteiger partial charge in [-0.15, -0.1) is 0 Å². The highest BCUT2D eigenvalue weighted by molar-refractivity contribution is 6.30. The van der Waals surface area contributed by atoms with E-state index in [4.69, 9.17) is 16.3 Å². The van der Waals surface area contributed by atoms with Gasteiger partial charge in [-0.3, -0.25) is 0 Å². The molecule has 0 spiro atoms. The normalized spacial score (nSPS) is 14.1. The third kappa shape index (κ3) is 4.98. The van der Waals surface area contributed by atoms with Crippen molar-refractivity contribution in [3.63, 3.8) is 0 Å². The number of rotatable bonds is 7. The molecule has 4 rings (SSSR count). The van der Waals surface area contributed by atoms with Gasteiger partial charge in [-0.1, -0.05) is 42.4 Å². The van der Waals surface area contributed by atoms with Crippen molar-refractivity contribution in [1.29, 1.82) is 0 Å². The van der Waals surface area contributed by atoms with Crippen LogP contribution in [0, 0.1) is 6.92 Å². The Kier molecular flexibility index (Phi) is 6.35. The molecule has 0 fully saturated rings. The van der Waals surface area contributed by atoms with E-state index >= 15 is 0 Å². The summed E-state index contributed by atoms with van der Waals surface area (Å²) in [7, 11) is 1.64. The topological polar surface area (TPSA) is 24.5 Å². The van der Waals surface area contributed by atoms with E-state index in [1.807, 2.05) is 54.3 Å². The van der Waals surface area contributed by atoms with Crippen LogP contribution in [0.25, 0.3) is 0 Å². The second-order valence-corrected chi connectivity index (χ2v) is 8.93. The number of ether oxygens (including phenoxy) is 1. The predicted molar refractivity (Wildman–Crippen MR) is 132 cm³/mol. The van der Waals surface area contributed by atoms with E-state index in [9.17, 15) is 8.78 Å². The van der Waals surface area contributed by atoms with Gasteiger partial charge in [0.05, 0.1) is 13.2 Å². The second-order valence-electron chi connectivity index (χ2n) is 8.49. The maximum Gasteiger partial charge on any atom is 0.270 e. The molecule has 172 valence electrons. The number of alkyl halides is 2. The minimum Gasteiger partial charge on any atom is -0.497 e. The van der Waals surface area contributed by atoms with Gasteiger partial charge in [0, 0.05) is 47.2 Å². The van der Waals surface area contributed by atoms with Crippen LogP contribution in [-0.4, -0.2) is 13.7 Å². The lowest BCUT2D eigenvalue weighted by molar-refractivity contribution is 0.0175. The molecule has 0 saturated heterocycles. The van der Waals surface area contributed by atoms with Crippen LogP contribution in [-0.2, 0) is 12.3 Å². The van der Waals surface area contributed by atoms with Crippen LogP contribution in [0.2, 0.25) is 5.02 Å². The SMILES string of the molecule is C=C(C(Nc1cc(C)cc(OC)c1)c1ccc(Cl)cc1)N1CCc2ccc(C(C)(F)F)cc21. The van der Waals surface area contributed by atoms with Crippen molar-refractivity contribution in [2.45, 2.75) is 32.2 Å². The maximum atomic E-state index is 14.0. The second kappa shape index (κ2) is 9.06. The lowest BCUT2D eigenvalue weighted by Gasteiger charge is -2.31. The average Bonchev–Trinajstić information content (AvgIpc) is 3.20. The Bertz CT molecular complexity index is 1170. The molecule has 3 aromatic carbocycles. The Morgan fingerprint density at radius 2 is 1.85 bits per heavy atom. The van der Waals surface area contributed by atoms with Crippen LogP contribution in [0.1, 0.15) is 35.2 Å². The van der Waals surface area contributed by atoms with Crippen molar-refractivity contribution in [1.82, 2.24) is 0 Å². The summed E-state index contributed by atoms with van der Waals surface area (Å²) >= 11 is 6.13. The number of benzene rings is 3. The van der Waals surface area contributed by atoms with E-state index in [0.717, 1.165) is 52.9 Å². The van der Waals surface area contributed by atoms with Gasteiger partial charge in [0.1, 0.15) is 5.75 Å². The summed E-state index contributed by atoms with van der Waals surface area (Å²) in [6.45, 7) is 8.00. The fraction of sp³-hybridized carbons (Fsp3) is 0.259. The number of anilines is 2. The Morgan fingerprint density at radius 1 is 1.12 bits per heavy atom. The molecule has 0 radical (unpaired) electrons. The fourth-order valence-corrected chi connectivity index (χ4v) is 4.36. The molecule has 3 aromatic rings. The van der Waals surface area contributed by atoms with Gasteiger partial charge in [-0.05, 0) is 60.4 Å². The third-order valence-corrected chi connectivity index (χ3v) is 6.22. The molecule has 1 N–H and O–H groups in total. The van der Waals surface area contributed by atoms with Crippen LogP contribution in [0.4, 0.5) is 20.2 Å². The molecule has 3 nitrogen and oxygen atoms in total. The smallest absolute Gasteiger partial charge is 0.270 e. The molecule has 0 aliphatic carbocycles. The summed E-state index contributed by atoms with van der Waals surface area (Å²) < 4.78 is 33.5. The van der Waals surface area contributed by atoms with Gasteiger partial charge < -0.3 is 15.0 Å². The van der Waals surface area contributed by atoms with Crippen LogP contribution >= 0.6 is 11.6 Å². The van der Waals surface area contributed by atoms with Crippen LogP contribution in [0.3, 0.4) is 0 Å². The zero-order valence-corrected chi connectivity index (χ0v) is 19.7. The lowest BCUT2D eigenvalue weighted by atomic mass is 10.0. The molecule has 0 saturated carbocycles. The first-order valence-corrected chi connectivity index (χ1v) is 11.2. The molecule has 6 heteroatoms. The minimum absolute atomic E-state index is 0.000345. The first-order chi connectivity index (χ1) is 15.7. The highest BCUT2D eigenvalue weighted by atomic mass is 35.5. The molecular weight excluding hydrogens is 442 g/mol. The number of hydrogen-bond donors (Lipinski definition) is 1. The fourth-order valence-electron chi connectivity index (χ4n) is 4.24. The number of nitrogens with zero attached hydrogens (tertiary/aromatic N) is 1. The summed E-state index contributed by atoms with van der Waals surface area (Å²) in [5.41, 5.74) is 5.49. The van der Waals surface area contributed by atoms with E-state index < -0.39 is 5.92 Å². The minimum atomic E-state index is -2.91. The Morgan fingerprint density at radius 3 is 2.52 bits per heavy atom. The highest BCUT2D eigenvalue weighted by Gasteiger charge is 2.31. The standard InChI is InChI=1S/C27H27ClF2N2O/c1-17-13-23(16-24(14-17)33-4)31-26(20-6-9-22(28)10-7-20)18(2)32-12-11-19-5-8-21(15-25(19)32)27(3,29)30/h5-10,13-16,26,31H,2,11-12H2,1,3-4H3. The summed E-state index contributed by atoms with van der Waals surface area (Å²) in [4.78, 5) is 2.03. The number of methoxy groups -OCH3 is 1. The lowest BCUT2D eigenvalue weighted by Crippen LogP contribution is -2.28. The van der Waals surface area contributed by atoms with Gasteiger partial charge >= 0.3 is 0 Å². The van der Waals surface area contributed by atoms with Crippen molar-refractivity contribution in [3.8, 4) is 5.75 Å². The largest absolute Gasteiger partial charge is 0.497 e. The predicted octanol–water partition coefficient (Wildman–Crippen LogP) is 7.50. The zero-order chi connectivity index (χ0) is 23.8. The number of halogens is 3. The number of hydrogen-bond acceptors (Lipinski definition) is 3. The summed E-state index contributed by atoms with van der Waals surface area (Å²) in [6, 6.07) is 18.1. The maximum absolute atomic E-state index is 14.0. The van der Waals surface area contributed by atoms with Gasteiger partial charge in [-0.2, -0.15) is 0 Å². The average molecular weight is 469 g/mol. The van der Waals surface area contributed by atoms with Crippen molar-refractivity contribution in [3.05, 3.63) is 100 Å². The van der Waals surface area contributed by atoms with E-state index in [1.54, 1.807) is 19.2 Å². The third-order valence-electron chi connectivity index (χ3n) is 5.97. The summed E-state index contributed by atoms with van der Waals surface area (Å²) in [6.07, 6.45) is 0.773. The van der Waals surface area contributed by atoms with Crippen LogP contribution in [0.5, 0.6) is 5.75 Å². The molecule has 1 aliphatic rings. The van der Waals surface area contributed by atoms with E-state index in [2.05, 4.69) is 11.9 Å².